The summed E-state index contributed by atoms with van der Waals surface area (Å²) in [5.74, 6) is -2.36. The molecule has 5 rings (SSSR count). The zero-order valence-corrected chi connectivity index (χ0v) is 19.1. The number of nitrogens with one attached hydrogen (secondary N) is 2. The number of aliphatic carboxylic acids is 1. The quantitative estimate of drug-likeness (QED) is 0.461. The van der Waals surface area contributed by atoms with Crippen LogP contribution in [0.4, 0.5) is 4.79 Å². The van der Waals surface area contributed by atoms with Crippen LogP contribution in [-0.2, 0) is 14.3 Å². The third kappa shape index (κ3) is 4.49. The fourth-order valence-corrected chi connectivity index (χ4v) is 4.76. The van der Waals surface area contributed by atoms with E-state index >= 15 is 0 Å². The molecule has 1 unspecified atom stereocenters. The van der Waals surface area contributed by atoms with Crippen molar-refractivity contribution in [3.8, 4) is 11.1 Å². The van der Waals surface area contributed by atoms with Crippen LogP contribution < -0.4 is 10.6 Å². The van der Waals surface area contributed by atoms with Gasteiger partial charge in [0.2, 0.25) is 5.91 Å². The Labute approximate surface area is 203 Å². The van der Waals surface area contributed by atoms with Gasteiger partial charge in [-0.25, -0.2) is 4.79 Å². The number of carboxylic acid groups (broad SMARTS) is 1. The van der Waals surface area contributed by atoms with Gasteiger partial charge in [-0.15, -0.1) is 0 Å². The zero-order valence-electron chi connectivity index (χ0n) is 19.1. The highest BCUT2D eigenvalue weighted by molar-refractivity contribution is 5.93. The van der Waals surface area contributed by atoms with Crippen molar-refractivity contribution in [1.82, 2.24) is 10.6 Å². The summed E-state index contributed by atoms with van der Waals surface area (Å²) >= 11 is 0. The van der Waals surface area contributed by atoms with Crippen LogP contribution >= 0.6 is 0 Å². The predicted octanol–water partition coefficient (Wildman–Crippen LogP) is 4.04. The van der Waals surface area contributed by atoms with E-state index in [1.807, 2.05) is 36.4 Å². The Bertz CT molecular complexity index is 1220. The van der Waals surface area contributed by atoms with E-state index in [1.165, 1.54) is 0 Å². The summed E-state index contributed by atoms with van der Waals surface area (Å²) < 4.78 is 5.57. The SMILES string of the molecule is O=C(NC1(C(=O)NCC(C(=O)O)c2ccccc2)CC1)OCC1c2ccccc2-c2ccccc21. The molecule has 2 amide bonds. The second-order valence-corrected chi connectivity index (χ2v) is 9.04. The van der Waals surface area contributed by atoms with E-state index in [0.717, 1.165) is 22.3 Å². The molecule has 0 heterocycles. The van der Waals surface area contributed by atoms with E-state index in [0.29, 0.717) is 18.4 Å². The number of carbonyl (C=O) groups is 3. The summed E-state index contributed by atoms with van der Waals surface area (Å²) in [6.45, 7) is 0.0962. The van der Waals surface area contributed by atoms with Crippen molar-refractivity contribution >= 4 is 18.0 Å². The highest BCUT2D eigenvalue weighted by atomic mass is 16.5. The van der Waals surface area contributed by atoms with E-state index < -0.39 is 29.4 Å². The number of carboxylic acids is 1. The van der Waals surface area contributed by atoms with Gasteiger partial charge in [-0.3, -0.25) is 9.59 Å². The molecule has 0 saturated heterocycles. The third-order valence-corrected chi connectivity index (χ3v) is 6.84. The van der Waals surface area contributed by atoms with E-state index in [2.05, 4.69) is 22.8 Å². The largest absolute Gasteiger partial charge is 0.481 e. The lowest BCUT2D eigenvalue weighted by atomic mass is 9.98. The minimum Gasteiger partial charge on any atom is -0.481 e. The predicted molar refractivity (Wildman–Crippen MR) is 130 cm³/mol. The molecule has 178 valence electrons. The van der Waals surface area contributed by atoms with Crippen molar-refractivity contribution < 1.29 is 24.2 Å². The number of carbonyl (C=O) groups excluding carboxylic acids is 2. The van der Waals surface area contributed by atoms with Crippen LogP contribution in [0.3, 0.4) is 0 Å². The average molecular weight is 471 g/mol. The molecule has 7 heteroatoms. The Balaban J connectivity index is 1.19. The van der Waals surface area contributed by atoms with E-state index in [4.69, 9.17) is 4.74 Å². The molecule has 0 spiro atoms. The normalized spacial score (nSPS) is 15.9. The fraction of sp³-hybridized carbons (Fsp3) is 0.250. The van der Waals surface area contributed by atoms with Gasteiger partial charge in [-0.2, -0.15) is 0 Å². The highest BCUT2D eigenvalue weighted by Crippen LogP contribution is 2.44. The van der Waals surface area contributed by atoms with Gasteiger partial charge in [0.1, 0.15) is 12.1 Å². The standard InChI is InChI=1S/C28H26N2O5/c31-25(32)23(18-8-2-1-3-9-18)16-29-26(33)28(14-15-28)30-27(34)35-17-24-21-12-6-4-10-19(21)20-11-5-7-13-22(20)24/h1-13,23-24H,14-17H2,(H,29,33)(H,30,34)(H,31,32). The molecule has 0 aromatic heterocycles. The Hall–Kier alpha value is -4.13. The van der Waals surface area contributed by atoms with Crippen LogP contribution in [0.1, 0.15) is 41.4 Å². The van der Waals surface area contributed by atoms with Crippen molar-refractivity contribution in [1.29, 1.82) is 0 Å². The first-order chi connectivity index (χ1) is 17.0. The first-order valence-corrected chi connectivity index (χ1v) is 11.7. The number of rotatable bonds is 8. The van der Waals surface area contributed by atoms with Gasteiger partial charge in [0.15, 0.2) is 0 Å². The summed E-state index contributed by atoms with van der Waals surface area (Å²) in [4.78, 5) is 37.2. The lowest BCUT2D eigenvalue weighted by Crippen LogP contribution is -2.50. The summed E-state index contributed by atoms with van der Waals surface area (Å²) in [6, 6.07) is 24.9. The van der Waals surface area contributed by atoms with Gasteiger partial charge in [-0.1, -0.05) is 78.9 Å². The third-order valence-electron chi connectivity index (χ3n) is 6.84. The molecule has 1 saturated carbocycles. The lowest BCUT2D eigenvalue weighted by molar-refractivity contribution is -0.138. The molecule has 1 fully saturated rings. The molecular formula is C28H26N2O5. The number of hydrogen-bond donors (Lipinski definition) is 3. The fourth-order valence-electron chi connectivity index (χ4n) is 4.76. The van der Waals surface area contributed by atoms with Crippen molar-refractivity contribution in [3.63, 3.8) is 0 Å². The topological polar surface area (TPSA) is 105 Å². The molecule has 0 aliphatic heterocycles. The van der Waals surface area contributed by atoms with E-state index in [9.17, 15) is 19.5 Å². The van der Waals surface area contributed by atoms with Gasteiger partial charge in [0, 0.05) is 12.5 Å². The minimum atomic E-state index is -1.05. The maximum Gasteiger partial charge on any atom is 0.408 e. The first-order valence-electron chi connectivity index (χ1n) is 11.7. The monoisotopic (exact) mass is 470 g/mol. The molecule has 0 radical (unpaired) electrons. The first kappa shape index (κ1) is 22.7. The van der Waals surface area contributed by atoms with E-state index in [-0.39, 0.29) is 19.1 Å². The molecule has 3 N–H and O–H groups in total. The van der Waals surface area contributed by atoms with Gasteiger partial charge in [0.25, 0.3) is 0 Å². The number of ether oxygens (including phenoxy) is 1. The zero-order chi connectivity index (χ0) is 24.4. The van der Waals surface area contributed by atoms with Gasteiger partial charge >= 0.3 is 12.1 Å². The number of alkyl carbamates (subject to hydrolysis) is 1. The Morgan fingerprint density at radius 1 is 0.886 bits per heavy atom. The molecule has 0 bridgehead atoms. The molecule has 1 atom stereocenters. The van der Waals surface area contributed by atoms with Crippen molar-refractivity contribution in [2.45, 2.75) is 30.2 Å². The Morgan fingerprint density at radius 3 is 2.03 bits per heavy atom. The Kier molecular flexibility index (Phi) is 5.99. The average Bonchev–Trinajstić information content (AvgIpc) is 3.58. The number of hydrogen-bond acceptors (Lipinski definition) is 4. The summed E-state index contributed by atoms with van der Waals surface area (Å²) in [7, 11) is 0. The van der Waals surface area contributed by atoms with Crippen molar-refractivity contribution in [2.75, 3.05) is 13.2 Å². The maximum atomic E-state index is 12.8. The summed E-state index contributed by atoms with van der Waals surface area (Å²) in [6.07, 6.45) is 0.301. The second kappa shape index (κ2) is 9.25. The molecule has 7 nitrogen and oxygen atoms in total. The number of amides is 2. The minimum absolute atomic E-state index is 0.0632. The van der Waals surface area contributed by atoms with Crippen molar-refractivity contribution in [3.05, 3.63) is 95.6 Å². The maximum absolute atomic E-state index is 12.8. The second-order valence-electron chi connectivity index (χ2n) is 9.04. The molecule has 3 aromatic carbocycles. The molecule has 2 aliphatic rings. The lowest BCUT2D eigenvalue weighted by Gasteiger charge is -2.20. The number of benzene rings is 3. The smallest absolute Gasteiger partial charge is 0.408 e. The molecular weight excluding hydrogens is 444 g/mol. The van der Waals surface area contributed by atoms with Gasteiger partial charge in [0.05, 0.1) is 5.92 Å². The van der Waals surface area contributed by atoms with Crippen LogP contribution in [0.5, 0.6) is 0 Å². The van der Waals surface area contributed by atoms with Gasteiger partial charge < -0.3 is 20.5 Å². The van der Waals surface area contributed by atoms with Gasteiger partial charge in [-0.05, 0) is 40.7 Å². The summed E-state index contributed by atoms with van der Waals surface area (Å²) in [5, 5.41) is 15.0. The van der Waals surface area contributed by atoms with Crippen molar-refractivity contribution in [2.24, 2.45) is 0 Å². The van der Waals surface area contributed by atoms with Crippen LogP contribution in [-0.4, -0.2) is 41.8 Å². The number of fused-ring (bicyclic) bond motifs is 3. The molecule has 2 aliphatic carbocycles. The van der Waals surface area contributed by atoms with Crippen LogP contribution in [0.25, 0.3) is 11.1 Å². The van der Waals surface area contributed by atoms with Crippen LogP contribution in [0, 0.1) is 0 Å². The van der Waals surface area contributed by atoms with E-state index in [1.54, 1.807) is 30.3 Å². The molecule has 3 aromatic rings. The van der Waals surface area contributed by atoms with Crippen LogP contribution in [0.2, 0.25) is 0 Å². The van der Waals surface area contributed by atoms with Crippen LogP contribution in [0.15, 0.2) is 78.9 Å². The highest BCUT2D eigenvalue weighted by Gasteiger charge is 2.52. The Morgan fingerprint density at radius 2 is 1.46 bits per heavy atom. The molecule has 35 heavy (non-hydrogen) atoms. The summed E-state index contributed by atoms with van der Waals surface area (Å²) in [5.41, 5.74) is 4.06.